The van der Waals surface area contributed by atoms with E-state index in [4.69, 9.17) is 21.0 Å². The van der Waals surface area contributed by atoms with Crippen molar-refractivity contribution in [2.45, 2.75) is 20.4 Å². The van der Waals surface area contributed by atoms with E-state index in [9.17, 15) is 4.79 Å². The molecule has 0 saturated carbocycles. The first kappa shape index (κ1) is 19.7. The average Bonchev–Trinajstić information content (AvgIpc) is 3.09. The van der Waals surface area contributed by atoms with Crippen molar-refractivity contribution < 1.29 is 9.21 Å². The maximum absolute atomic E-state index is 12.7. The Kier molecular flexibility index (Phi) is 5.69. The predicted molar refractivity (Wildman–Crippen MR) is 114 cm³/mol. The molecule has 0 unspecified atom stereocenters. The van der Waals surface area contributed by atoms with E-state index >= 15 is 0 Å². The molecule has 2 aromatic carbocycles. The van der Waals surface area contributed by atoms with Gasteiger partial charge in [0.15, 0.2) is 0 Å². The number of benzene rings is 2. The molecule has 0 radical (unpaired) electrons. The van der Waals surface area contributed by atoms with Gasteiger partial charge in [-0.3, -0.25) is 9.69 Å². The molecule has 4 rings (SSSR count). The maximum atomic E-state index is 12.7. The molecule has 0 spiro atoms. The average molecular weight is 410 g/mol. The molecule has 150 valence electrons. The largest absolute Gasteiger partial charge is 0.441 e. The monoisotopic (exact) mass is 409 g/mol. The van der Waals surface area contributed by atoms with Crippen LogP contribution >= 0.6 is 11.6 Å². The van der Waals surface area contributed by atoms with Crippen molar-refractivity contribution in [3.8, 4) is 11.5 Å². The Labute approximate surface area is 175 Å². The molecule has 0 bridgehead atoms. The van der Waals surface area contributed by atoms with Gasteiger partial charge in [-0.2, -0.15) is 0 Å². The summed E-state index contributed by atoms with van der Waals surface area (Å²) >= 11 is 6.18. The van der Waals surface area contributed by atoms with E-state index in [2.05, 4.69) is 24.0 Å². The highest BCUT2D eigenvalue weighted by atomic mass is 35.5. The zero-order valence-electron chi connectivity index (χ0n) is 16.7. The molecule has 1 aromatic heterocycles. The molecular formula is C23H24ClN3O2. The van der Waals surface area contributed by atoms with Gasteiger partial charge in [-0.1, -0.05) is 41.4 Å². The zero-order chi connectivity index (χ0) is 20.4. The highest BCUT2D eigenvalue weighted by Gasteiger charge is 2.24. The second-order valence-corrected chi connectivity index (χ2v) is 7.84. The Bertz CT molecular complexity index is 1010. The van der Waals surface area contributed by atoms with Crippen molar-refractivity contribution in [2.75, 3.05) is 26.2 Å². The number of piperazine rings is 1. The second kappa shape index (κ2) is 8.39. The van der Waals surface area contributed by atoms with Crippen molar-refractivity contribution >= 4 is 17.5 Å². The number of hydrogen-bond acceptors (Lipinski definition) is 4. The lowest BCUT2D eigenvalue weighted by atomic mass is 10.1. The summed E-state index contributed by atoms with van der Waals surface area (Å²) in [6.07, 6.45) is 0. The van der Waals surface area contributed by atoms with Crippen molar-refractivity contribution in [2.24, 2.45) is 0 Å². The van der Waals surface area contributed by atoms with E-state index in [1.165, 1.54) is 5.56 Å². The predicted octanol–water partition coefficient (Wildman–Crippen LogP) is 4.57. The van der Waals surface area contributed by atoms with Crippen LogP contribution in [0, 0.1) is 13.8 Å². The van der Waals surface area contributed by atoms with E-state index in [-0.39, 0.29) is 5.91 Å². The van der Waals surface area contributed by atoms with Crippen LogP contribution in [0.25, 0.3) is 11.5 Å². The highest BCUT2D eigenvalue weighted by Crippen LogP contribution is 2.24. The summed E-state index contributed by atoms with van der Waals surface area (Å²) < 4.78 is 5.90. The molecule has 1 amide bonds. The molecule has 3 aromatic rings. The Morgan fingerprint density at radius 1 is 1.03 bits per heavy atom. The fraction of sp³-hybridized carbons (Fsp3) is 0.304. The molecule has 2 heterocycles. The van der Waals surface area contributed by atoms with Gasteiger partial charge in [0.1, 0.15) is 5.76 Å². The fourth-order valence-electron chi connectivity index (χ4n) is 3.52. The smallest absolute Gasteiger partial charge is 0.255 e. The Morgan fingerprint density at radius 2 is 1.72 bits per heavy atom. The minimum Gasteiger partial charge on any atom is -0.441 e. The molecule has 1 saturated heterocycles. The summed E-state index contributed by atoms with van der Waals surface area (Å²) in [5.41, 5.74) is 3.71. The Hall–Kier alpha value is -2.63. The van der Waals surface area contributed by atoms with Crippen LogP contribution in [0.3, 0.4) is 0 Å². The van der Waals surface area contributed by atoms with Crippen LogP contribution in [-0.2, 0) is 6.54 Å². The summed E-state index contributed by atoms with van der Waals surface area (Å²) in [5.74, 6) is 1.50. The molecule has 1 aliphatic heterocycles. The van der Waals surface area contributed by atoms with Gasteiger partial charge in [-0.25, -0.2) is 4.98 Å². The first-order valence-corrected chi connectivity index (χ1v) is 10.2. The standard InChI is InChI=1S/C23H24ClN3O2/c1-16-7-9-18(10-8-16)22-25-21(17(2)29-22)15-26-11-13-27(14-12-26)23(28)19-5-3-4-6-20(19)24/h3-10H,11-15H2,1-2H3. The van der Waals surface area contributed by atoms with E-state index in [0.29, 0.717) is 29.6 Å². The molecular weight excluding hydrogens is 386 g/mol. The van der Waals surface area contributed by atoms with Gasteiger partial charge in [0, 0.05) is 38.3 Å². The van der Waals surface area contributed by atoms with Gasteiger partial charge in [0.05, 0.1) is 16.3 Å². The number of carbonyl (C=O) groups is 1. The van der Waals surface area contributed by atoms with E-state index in [1.807, 2.05) is 36.1 Å². The lowest BCUT2D eigenvalue weighted by Gasteiger charge is -2.34. The molecule has 0 atom stereocenters. The third-order valence-corrected chi connectivity index (χ3v) is 5.66. The van der Waals surface area contributed by atoms with Gasteiger partial charge in [0.2, 0.25) is 5.89 Å². The van der Waals surface area contributed by atoms with E-state index in [1.54, 1.807) is 12.1 Å². The summed E-state index contributed by atoms with van der Waals surface area (Å²) in [6, 6.07) is 15.4. The van der Waals surface area contributed by atoms with Crippen LogP contribution in [0.4, 0.5) is 0 Å². The number of oxazole rings is 1. The zero-order valence-corrected chi connectivity index (χ0v) is 17.4. The fourth-order valence-corrected chi connectivity index (χ4v) is 3.74. The van der Waals surface area contributed by atoms with Gasteiger partial charge < -0.3 is 9.32 Å². The summed E-state index contributed by atoms with van der Waals surface area (Å²) in [6.45, 7) is 7.67. The number of hydrogen-bond donors (Lipinski definition) is 0. The van der Waals surface area contributed by atoms with Crippen molar-refractivity contribution in [3.63, 3.8) is 0 Å². The molecule has 0 aliphatic carbocycles. The van der Waals surface area contributed by atoms with Gasteiger partial charge in [0.25, 0.3) is 5.91 Å². The molecule has 1 fully saturated rings. The summed E-state index contributed by atoms with van der Waals surface area (Å²) in [7, 11) is 0. The number of rotatable bonds is 4. The van der Waals surface area contributed by atoms with Gasteiger partial charge in [-0.15, -0.1) is 0 Å². The van der Waals surface area contributed by atoms with Gasteiger partial charge >= 0.3 is 0 Å². The Balaban J connectivity index is 1.38. The van der Waals surface area contributed by atoms with E-state index in [0.717, 1.165) is 36.7 Å². The molecule has 1 aliphatic rings. The number of amides is 1. The number of nitrogens with zero attached hydrogens (tertiary/aromatic N) is 3. The van der Waals surface area contributed by atoms with Crippen LogP contribution in [0.1, 0.15) is 27.4 Å². The first-order valence-electron chi connectivity index (χ1n) is 9.81. The lowest BCUT2D eigenvalue weighted by molar-refractivity contribution is 0.0626. The van der Waals surface area contributed by atoms with Crippen LogP contribution in [-0.4, -0.2) is 46.9 Å². The second-order valence-electron chi connectivity index (χ2n) is 7.44. The number of carbonyl (C=O) groups excluding carboxylic acids is 1. The molecule has 6 heteroatoms. The highest BCUT2D eigenvalue weighted by molar-refractivity contribution is 6.33. The van der Waals surface area contributed by atoms with Crippen molar-refractivity contribution in [1.82, 2.24) is 14.8 Å². The van der Waals surface area contributed by atoms with Crippen molar-refractivity contribution in [1.29, 1.82) is 0 Å². The molecule has 0 N–H and O–H groups in total. The molecule has 5 nitrogen and oxygen atoms in total. The normalized spacial score (nSPS) is 14.9. The van der Waals surface area contributed by atoms with Crippen molar-refractivity contribution in [3.05, 3.63) is 76.1 Å². The van der Waals surface area contributed by atoms with E-state index < -0.39 is 0 Å². The topological polar surface area (TPSA) is 49.6 Å². The van der Waals surface area contributed by atoms with Gasteiger partial charge in [-0.05, 0) is 38.1 Å². The number of halogens is 1. The number of aryl methyl sites for hydroxylation is 2. The minimum atomic E-state index is -0.00507. The van der Waals surface area contributed by atoms with Crippen LogP contribution in [0.15, 0.2) is 52.9 Å². The minimum absolute atomic E-state index is 0.00507. The van der Waals surface area contributed by atoms with Crippen LogP contribution in [0.5, 0.6) is 0 Å². The van der Waals surface area contributed by atoms with Crippen LogP contribution in [0.2, 0.25) is 5.02 Å². The summed E-state index contributed by atoms with van der Waals surface area (Å²) in [4.78, 5) is 21.6. The third-order valence-electron chi connectivity index (χ3n) is 5.33. The van der Waals surface area contributed by atoms with Crippen LogP contribution < -0.4 is 0 Å². The Morgan fingerprint density at radius 3 is 2.41 bits per heavy atom. The summed E-state index contributed by atoms with van der Waals surface area (Å²) in [5, 5.41) is 0.502. The molecule has 29 heavy (non-hydrogen) atoms. The first-order chi connectivity index (χ1) is 14.0. The lowest BCUT2D eigenvalue weighted by Crippen LogP contribution is -2.48. The maximum Gasteiger partial charge on any atom is 0.255 e. The number of aromatic nitrogens is 1. The third kappa shape index (κ3) is 4.36. The quantitative estimate of drug-likeness (QED) is 0.633. The SMILES string of the molecule is Cc1ccc(-c2nc(CN3CCN(C(=O)c4ccccc4Cl)CC3)c(C)o2)cc1.